The Morgan fingerprint density at radius 1 is 1.55 bits per heavy atom. The molecule has 0 fully saturated rings. The van der Waals surface area contributed by atoms with Crippen molar-refractivity contribution in [2.24, 2.45) is 0 Å². The molecule has 0 aliphatic carbocycles. The van der Waals surface area contributed by atoms with Gasteiger partial charge >= 0.3 is 5.97 Å². The van der Waals surface area contributed by atoms with E-state index in [0.717, 1.165) is 6.42 Å². The van der Waals surface area contributed by atoms with Crippen LogP contribution in [-0.2, 0) is 9.53 Å². The van der Waals surface area contributed by atoms with E-state index in [9.17, 15) is 4.79 Å². The molecule has 2 unspecified atom stereocenters. The van der Waals surface area contributed by atoms with E-state index in [1.165, 1.54) is 7.11 Å². The summed E-state index contributed by atoms with van der Waals surface area (Å²) in [5, 5.41) is 0. The Bertz CT molecular complexity index is 126. The van der Waals surface area contributed by atoms with Gasteiger partial charge < -0.3 is 4.74 Å². The van der Waals surface area contributed by atoms with Gasteiger partial charge in [0, 0.05) is 16.1 Å². The highest BCUT2D eigenvalue weighted by Gasteiger charge is 2.12. The van der Waals surface area contributed by atoms with Gasteiger partial charge in [-0.15, -0.1) is 0 Å². The molecule has 11 heavy (non-hydrogen) atoms. The first-order chi connectivity index (χ1) is 5.07. The van der Waals surface area contributed by atoms with E-state index in [1.54, 1.807) is 0 Å². The van der Waals surface area contributed by atoms with Crippen LogP contribution in [0.1, 0.15) is 19.8 Å². The number of hydrogen-bond acceptors (Lipinski definition) is 2. The van der Waals surface area contributed by atoms with Crippen LogP contribution in [0.2, 0.25) is 0 Å². The van der Waals surface area contributed by atoms with Crippen molar-refractivity contribution in [3.63, 3.8) is 0 Å². The Balaban J connectivity index is 3.45. The number of alkyl halides is 2. The molecule has 0 bridgehead atoms. The van der Waals surface area contributed by atoms with Crippen LogP contribution in [0, 0.1) is 0 Å². The first-order valence-electron chi connectivity index (χ1n) is 3.43. The third-order valence-electron chi connectivity index (χ3n) is 1.35. The molecule has 4 heteroatoms. The van der Waals surface area contributed by atoms with Crippen LogP contribution in [0.4, 0.5) is 0 Å². The van der Waals surface area contributed by atoms with Gasteiger partial charge in [0.15, 0.2) is 0 Å². The molecule has 0 radical (unpaired) electrons. The fourth-order valence-electron chi connectivity index (χ4n) is 0.587. The van der Waals surface area contributed by atoms with Crippen LogP contribution in [0.15, 0.2) is 0 Å². The number of halogens is 2. The molecule has 0 rings (SSSR count). The summed E-state index contributed by atoms with van der Waals surface area (Å²) in [6.45, 7) is 2.04. The van der Waals surface area contributed by atoms with Gasteiger partial charge in [-0.2, -0.15) is 0 Å². The second-order valence-corrected chi connectivity index (χ2v) is 4.93. The van der Waals surface area contributed by atoms with E-state index in [-0.39, 0.29) is 5.97 Å². The molecule has 0 aliphatic heterocycles. The van der Waals surface area contributed by atoms with Crippen LogP contribution in [-0.4, -0.2) is 22.7 Å². The molecular weight excluding hydrogens is 276 g/mol. The van der Waals surface area contributed by atoms with Crippen LogP contribution in [0.5, 0.6) is 0 Å². The number of carbonyl (C=O) groups excluding carboxylic acids is 1. The normalized spacial score (nSPS) is 15.6. The van der Waals surface area contributed by atoms with Crippen molar-refractivity contribution in [3.8, 4) is 0 Å². The lowest BCUT2D eigenvalue weighted by Crippen LogP contribution is -2.12. The molecule has 0 saturated heterocycles. The molecule has 2 nitrogen and oxygen atoms in total. The zero-order valence-electron chi connectivity index (χ0n) is 6.64. The summed E-state index contributed by atoms with van der Waals surface area (Å²) in [6, 6.07) is 0. The Morgan fingerprint density at radius 3 is 2.45 bits per heavy atom. The predicted molar refractivity (Wildman–Crippen MR) is 52.4 cm³/mol. The minimum absolute atomic E-state index is 0.150. The Morgan fingerprint density at radius 2 is 2.09 bits per heavy atom. The summed E-state index contributed by atoms with van der Waals surface area (Å²) in [4.78, 5) is 11.4. The van der Waals surface area contributed by atoms with Crippen LogP contribution < -0.4 is 0 Å². The smallest absolute Gasteiger partial charge is 0.305 e. The van der Waals surface area contributed by atoms with Crippen LogP contribution in [0.25, 0.3) is 0 Å². The van der Waals surface area contributed by atoms with Crippen molar-refractivity contribution in [3.05, 3.63) is 0 Å². The fourth-order valence-corrected chi connectivity index (χ4v) is 1.08. The van der Waals surface area contributed by atoms with Crippen molar-refractivity contribution in [2.75, 3.05) is 7.11 Å². The van der Waals surface area contributed by atoms with E-state index < -0.39 is 0 Å². The van der Waals surface area contributed by atoms with E-state index in [2.05, 4.69) is 36.6 Å². The molecular formula is C7H12Br2O2. The van der Waals surface area contributed by atoms with E-state index >= 15 is 0 Å². The number of esters is 1. The lowest BCUT2D eigenvalue weighted by Gasteiger charge is -2.10. The standard InChI is InChI=1S/C7H12Br2O2/c1-5(8)6(9)3-4-7(10)11-2/h5-6H,3-4H2,1-2H3. The van der Waals surface area contributed by atoms with E-state index in [4.69, 9.17) is 0 Å². The second kappa shape index (κ2) is 6.00. The summed E-state index contributed by atoms with van der Waals surface area (Å²) in [5.74, 6) is -0.150. The van der Waals surface area contributed by atoms with Crippen molar-refractivity contribution < 1.29 is 9.53 Å². The first kappa shape index (κ1) is 11.4. The minimum atomic E-state index is -0.150. The van der Waals surface area contributed by atoms with Crippen molar-refractivity contribution in [1.29, 1.82) is 0 Å². The summed E-state index contributed by atoms with van der Waals surface area (Å²) in [7, 11) is 1.41. The highest BCUT2D eigenvalue weighted by molar-refractivity contribution is 9.12. The molecule has 0 amide bonds. The average Bonchev–Trinajstić information content (AvgIpc) is 1.99. The average molecular weight is 288 g/mol. The molecule has 2 atom stereocenters. The molecule has 66 valence electrons. The maximum Gasteiger partial charge on any atom is 0.305 e. The molecule has 0 aliphatic rings. The Hall–Kier alpha value is 0.430. The van der Waals surface area contributed by atoms with Crippen molar-refractivity contribution in [2.45, 2.75) is 29.4 Å². The van der Waals surface area contributed by atoms with Crippen LogP contribution >= 0.6 is 31.9 Å². The maximum absolute atomic E-state index is 10.7. The number of hydrogen-bond donors (Lipinski definition) is 0. The second-order valence-electron chi connectivity index (χ2n) is 2.31. The molecule has 0 saturated carbocycles. The van der Waals surface area contributed by atoms with Gasteiger partial charge in [0.1, 0.15) is 0 Å². The predicted octanol–water partition coefficient (Wildman–Crippen LogP) is 2.49. The van der Waals surface area contributed by atoms with Crippen LogP contribution in [0.3, 0.4) is 0 Å². The number of methoxy groups -OCH3 is 1. The van der Waals surface area contributed by atoms with Crippen molar-refractivity contribution in [1.82, 2.24) is 0 Å². The van der Waals surface area contributed by atoms with Gasteiger partial charge in [0.05, 0.1) is 7.11 Å². The number of carbonyl (C=O) groups is 1. The lowest BCUT2D eigenvalue weighted by molar-refractivity contribution is -0.140. The molecule has 0 aromatic carbocycles. The SMILES string of the molecule is COC(=O)CCC(Br)C(C)Br. The van der Waals surface area contributed by atoms with Gasteiger partial charge in [0.25, 0.3) is 0 Å². The summed E-state index contributed by atoms with van der Waals surface area (Å²) >= 11 is 6.86. The Kier molecular flexibility index (Phi) is 6.24. The maximum atomic E-state index is 10.7. The molecule has 0 aromatic rings. The fraction of sp³-hybridized carbons (Fsp3) is 0.857. The quantitative estimate of drug-likeness (QED) is 0.587. The van der Waals surface area contributed by atoms with Gasteiger partial charge in [0.2, 0.25) is 0 Å². The number of rotatable bonds is 4. The van der Waals surface area contributed by atoms with Gasteiger partial charge in [-0.1, -0.05) is 38.8 Å². The molecule has 0 heterocycles. The van der Waals surface area contributed by atoms with E-state index in [1.807, 2.05) is 6.92 Å². The van der Waals surface area contributed by atoms with E-state index in [0.29, 0.717) is 16.1 Å². The third-order valence-corrected chi connectivity index (χ3v) is 3.95. The third kappa shape index (κ3) is 5.67. The zero-order chi connectivity index (χ0) is 8.85. The number of ether oxygens (including phenoxy) is 1. The summed E-state index contributed by atoms with van der Waals surface area (Å²) < 4.78 is 4.51. The van der Waals surface area contributed by atoms with Gasteiger partial charge in [-0.3, -0.25) is 4.79 Å². The molecule has 0 N–H and O–H groups in total. The van der Waals surface area contributed by atoms with Gasteiger partial charge in [-0.05, 0) is 6.42 Å². The highest BCUT2D eigenvalue weighted by Crippen LogP contribution is 2.18. The Labute approximate surface area is 83.9 Å². The molecule has 0 aromatic heterocycles. The largest absolute Gasteiger partial charge is 0.469 e. The highest BCUT2D eigenvalue weighted by atomic mass is 79.9. The van der Waals surface area contributed by atoms with Gasteiger partial charge in [-0.25, -0.2) is 0 Å². The lowest BCUT2D eigenvalue weighted by atomic mass is 10.2. The summed E-state index contributed by atoms with van der Waals surface area (Å²) in [5.41, 5.74) is 0. The summed E-state index contributed by atoms with van der Waals surface area (Å²) in [6.07, 6.45) is 1.28. The zero-order valence-corrected chi connectivity index (χ0v) is 9.81. The van der Waals surface area contributed by atoms with Crippen molar-refractivity contribution >= 4 is 37.8 Å². The first-order valence-corrected chi connectivity index (χ1v) is 5.26. The minimum Gasteiger partial charge on any atom is -0.469 e. The monoisotopic (exact) mass is 286 g/mol. The molecule has 0 spiro atoms. The topological polar surface area (TPSA) is 26.3 Å².